The molecule has 3 rings (SSSR count). The fraction of sp³-hybridized carbons (Fsp3) is 0.389. The molecule has 0 aliphatic carbocycles. The van der Waals surface area contributed by atoms with Crippen LogP contribution in [0.25, 0.3) is 11.0 Å². The van der Waals surface area contributed by atoms with Crippen LogP contribution >= 0.6 is 15.9 Å². The standard InChI is InChI=1S/C18H21BrN4O/c1-12(13-7-5-6-10-20-13)24-15-9-8-14-17(16(15)19)21-22-23(14)11-18(2,3)4/h5-10,12H,11H2,1-4H3/t12-/m1/s1. The van der Waals surface area contributed by atoms with E-state index in [4.69, 9.17) is 4.74 Å². The molecule has 1 atom stereocenters. The Bertz CT molecular complexity index is 839. The maximum Gasteiger partial charge on any atom is 0.138 e. The van der Waals surface area contributed by atoms with Crippen molar-refractivity contribution in [3.63, 3.8) is 0 Å². The van der Waals surface area contributed by atoms with Crippen molar-refractivity contribution in [3.05, 3.63) is 46.7 Å². The number of benzene rings is 1. The van der Waals surface area contributed by atoms with Crippen LogP contribution in [-0.2, 0) is 6.54 Å². The van der Waals surface area contributed by atoms with Crippen LogP contribution in [0.2, 0.25) is 0 Å². The largest absolute Gasteiger partial charge is 0.483 e. The van der Waals surface area contributed by atoms with Crippen molar-refractivity contribution in [2.45, 2.75) is 40.3 Å². The summed E-state index contributed by atoms with van der Waals surface area (Å²) in [6.07, 6.45) is 1.62. The van der Waals surface area contributed by atoms with Crippen molar-refractivity contribution in [2.24, 2.45) is 5.41 Å². The highest BCUT2D eigenvalue weighted by Crippen LogP contribution is 2.34. The van der Waals surface area contributed by atoms with Crippen molar-refractivity contribution in [1.82, 2.24) is 20.0 Å². The van der Waals surface area contributed by atoms with Gasteiger partial charge in [-0.05, 0) is 52.5 Å². The van der Waals surface area contributed by atoms with E-state index in [9.17, 15) is 0 Å². The van der Waals surface area contributed by atoms with E-state index >= 15 is 0 Å². The molecule has 0 fully saturated rings. The van der Waals surface area contributed by atoms with Gasteiger partial charge in [0, 0.05) is 12.7 Å². The molecular formula is C18H21BrN4O. The molecule has 0 aliphatic heterocycles. The molecule has 0 unspecified atom stereocenters. The van der Waals surface area contributed by atoms with Gasteiger partial charge in [-0.2, -0.15) is 0 Å². The molecule has 5 nitrogen and oxygen atoms in total. The van der Waals surface area contributed by atoms with Gasteiger partial charge in [-0.3, -0.25) is 4.98 Å². The highest BCUT2D eigenvalue weighted by molar-refractivity contribution is 9.10. The molecule has 0 amide bonds. The average Bonchev–Trinajstić information content (AvgIpc) is 2.92. The van der Waals surface area contributed by atoms with Gasteiger partial charge in [0.2, 0.25) is 0 Å². The molecule has 0 spiro atoms. The second kappa shape index (κ2) is 6.51. The lowest BCUT2D eigenvalue weighted by Crippen LogP contribution is -2.16. The third-order valence-electron chi connectivity index (χ3n) is 3.62. The van der Waals surface area contributed by atoms with Gasteiger partial charge in [0.25, 0.3) is 0 Å². The molecule has 0 N–H and O–H groups in total. The zero-order valence-corrected chi connectivity index (χ0v) is 15.9. The van der Waals surface area contributed by atoms with Crippen LogP contribution in [0.15, 0.2) is 41.0 Å². The normalized spacial score (nSPS) is 13.2. The van der Waals surface area contributed by atoms with Gasteiger partial charge >= 0.3 is 0 Å². The second-order valence-electron chi connectivity index (χ2n) is 7.07. The Morgan fingerprint density at radius 2 is 2.00 bits per heavy atom. The molecule has 0 bridgehead atoms. The summed E-state index contributed by atoms with van der Waals surface area (Å²) in [5.41, 5.74) is 2.83. The fourth-order valence-corrected chi connectivity index (χ4v) is 3.02. The third-order valence-corrected chi connectivity index (χ3v) is 4.39. The second-order valence-corrected chi connectivity index (χ2v) is 7.86. The van der Waals surface area contributed by atoms with Crippen molar-refractivity contribution in [1.29, 1.82) is 0 Å². The van der Waals surface area contributed by atoms with Gasteiger partial charge in [0.15, 0.2) is 0 Å². The predicted molar refractivity (Wildman–Crippen MR) is 98.0 cm³/mol. The highest BCUT2D eigenvalue weighted by atomic mass is 79.9. The summed E-state index contributed by atoms with van der Waals surface area (Å²) in [7, 11) is 0. The lowest BCUT2D eigenvalue weighted by molar-refractivity contribution is 0.221. The molecule has 2 aromatic heterocycles. The lowest BCUT2D eigenvalue weighted by Gasteiger charge is -2.18. The van der Waals surface area contributed by atoms with E-state index in [-0.39, 0.29) is 11.5 Å². The molecule has 2 heterocycles. The van der Waals surface area contributed by atoms with Gasteiger partial charge < -0.3 is 4.74 Å². The van der Waals surface area contributed by atoms with Gasteiger partial charge in [0.05, 0.1) is 15.7 Å². The van der Waals surface area contributed by atoms with Gasteiger partial charge in [-0.15, -0.1) is 5.10 Å². The molecule has 24 heavy (non-hydrogen) atoms. The number of ether oxygens (including phenoxy) is 1. The van der Waals surface area contributed by atoms with E-state index < -0.39 is 0 Å². The van der Waals surface area contributed by atoms with E-state index in [0.29, 0.717) is 0 Å². The summed E-state index contributed by atoms with van der Waals surface area (Å²) in [5.74, 6) is 0.739. The van der Waals surface area contributed by atoms with Gasteiger partial charge in [-0.25, -0.2) is 4.68 Å². The van der Waals surface area contributed by atoms with Crippen molar-refractivity contribution >= 4 is 27.0 Å². The van der Waals surface area contributed by atoms with Crippen LogP contribution in [0, 0.1) is 5.41 Å². The quantitative estimate of drug-likeness (QED) is 0.645. The lowest BCUT2D eigenvalue weighted by atomic mass is 9.97. The number of rotatable bonds is 4. The van der Waals surface area contributed by atoms with Crippen LogP contribution in [0.4, 0.5) is 0 Å². The van der Waals surface area contributed by atoms with Crippen molar-refractivity contribution < 1.29 is 4.74 Å². The summed E-state index contributed by atoms with van der Waals surface area (Å²) in [5, 5.41) is 8.60. The number of pyridine rings is 1. The van der Waals surface area contributed by atoms with Crippen LogP contribution in [0.1, 0.15) is 39.5 Å². The zero-order chi connectivity index (χ0) is 17.3. The first-order valence-corrected chi connectivity index (χ1v) is 8.74. The number of hydrogen-bond donors (Lipinski definition) is 0. The Hall–Kier alpha value is -1.95. The first-order valence-electron chi connectivity index (χ1n) is 7.94. The number of fused-ring (bicyclic) bond motifs is 1. The minimum Gasteiger partial charge on any atom is -0.483 e. The Balaban J connectivity index is 1.89. The van der Waals surface area contributed by atoms with E-state index in [1.807, 2.05) is 41.9 Å². The predicted octanol–water partition coefficient (Wildman–Crippen LogP) is 4.77. The topological polar surface area (TPSA) is 52.8 Å². The monoisotopic (exact) mass is 388 g/mol. The molecule has 0 aliphatic rings. The Labute approximate surface area is 150 Å². The first-order chi connectivity index (χ1) is 11.3. The summed E-state index contributed by atoms with van der Waals surface area (Å²) < 4.78 is 8.82. The molecular weight excluding hydrogens is 368 g/mol. The summed E-state index contributed by atoms with van der Waals surface area (Å²) in [6, 6.07) is 9.77. The first kappa shape index (κ1) is 16.9. The van der Waals surface area contributed by atoms with E-state index in [1.54, 1.807) is 6.20 Å². The molecule has 1 aromatic carbocycles. The number of hydrogen-bond acceptors (Lipinski definition) is 4. The Morgan fingerprint density at radius 1 is 1.21 bits per heavy atom. The Morgan fingerprint density at radius 3 is 2.67 bits per heavy atom. The summed E-state index contributed by atoms with van der Waals surface area (Å²) >= 11 is 3.61. The minimum atomic E-state index is -0.149. The van der Waals surface area contributed by atoms with Crippen molar-refractivity contribution in [2.75, 3.05) is 0 Å². The maximum atomic E-state index is 6.06. The molecule has 6 heteroatoms. The maximum absolute atomic E-state index is 6.06. The molecule has 3 aromatic rings. The van der Waals surface area contributed by atoms with E-state index in [1.165, 1.54) is 0 Å². The van der Waals surface area contributed by atoms with Crippen molar-refractivity contribution in [3.8, 4) is 5.75 Å². The van der Waals surface area contributed by atoms with Crippen LogP contribution in [0.3, 0.4) is 0 Å². The summed E-state index contributed by atoms with van der Waals surface area (Å²) in [6.45, 7) is 9.33. The number of nitrogens with zero attached hydrogens (tertiary/aromatic N) is 4. The SMILES string of the molecule is C[C@@H](Oc1ccc2c(nnn2CC(C)(C)C)c1Br)c1ccccn1. The highest BCUT2D eigenvalue weighted by Gasteiger charge is 2.18. The van der Waals surface area contributed by atoms with Gasteiger partial charge in [-0.1, -0.05) is 32.1 Å². The van der Waals surface area contributed by atoms with Crippen LogP contribution < -0.4 is 4.74 Å². The minimum absolute atomic E-state index is 0.135. The zero-order valence-electron chi connectivity index (χ0n) is 14.3. The smallest absolute Gasteiger partial charge is 0.138 e. The number of aromatic nitrogens is 4. The Kier molecular flexibility index (Phi) is 4.58. The molecule has 126 valence electrons. The number of halogens is 1. The molecule has 0 saturated carbocycles. The van der Waals surface area contributed by atoms with E-state index in [2.05, 4.69) is 52.0 Å². The molecule has 0 radical (unpaired) electrons. The van der Waals surface area contributed by atoms with Crippen LogP contribution in [-0.4, -0.2) is 20.0 Å². The summed E-state index contributed by atoms with van der Waals surface area (Å²) in [4.78, 5) is 4.34. The average molecular weight is 389 g/mol. The molecule has 0 saturated heterocycles. The fourth-order valence-electron chi connectivity index (χ4n) is 2.51. The van der Waals surface area contributed by atoms with Crippen LogP contribution in [0.5, 0.6) is 5.75 Å². The third kappa shape index (κ3) is 3.59. The van der Waals surface area contributed by atoms with Gasteiger partial charge in [0.1, 0.15) is 17.4 Å². The van der Waals surface area contributed by atoms with E-state index in [0.717, 1.165) is 33.5 Å².